The summed E-state index contributed by atoms with van der Waals surface area (Å²) in [6.07, 6.45) is 6.44. The van der Waals surface area contributed by atoms with Crippen LogP contribution in [0.5, 0.6) is 5.75 Å². The molecule has 5 nitrogen and oxygen atoms in total. The average Bonchev–Trinajstić information content (AvgIpc) is 3.22. The van der Waals surface area contributed by atoms with Crippen LogP contribution in [-0.2, 0) is 14.8 Å². The molecule has 2 unspecified atom stereocenters. The molecule has 0 amide bonds. The van der Waals surface area contributed by atoms with E-state index in [2.05, 4.69) is 19.1 Å². The monoisotopic (exact) mass is 469 g/mol. The summed E-state index contributed by atoms with van der Waals surface area (Å²) < 4.78 is 32.9. The van der Waals surface area contributed by atoms with E-state index < -0.39 is 10.0 Å². The molecular formula is C27H35NO4S. The number of benzene rings is 2. The van der Waals surface area contributed by atoms with Crippen molar-refractivity contribution in [2.24, 2.45) is 11.3 Å². The minimum Gasteiger partial charge on any atom is -0.497 e. The second-order valence-corrected chi connectivity index (χ2v) is 11.7. The molecule has 1 saturated carbocycles. The minimum absolute atomic E-state index is 0.0146. The van der Waals surface area contributed by atoms with Crippen molar-refractivity contribution in [3.63, 3.8) is 0 Å². The number of ketones is 1. The third-order valence-electron chi connectivity index (χ3n) is 7.77. The van der Waals surface area contributed by atoms with Gasteiger partial charge in [-0.2, -0.15) is 4.31 Å². The van der Waals surface area contributed by atoms with Crippen LogP contribution in [0, 0.1) is 11.3 Å². The topological polar surface area (TPSA) is 63.7 Å². The minimum atomic E-state index is -3.49. The first kappa shape index (κ1) is 24.0. The number of methoxy groups -OCH3 is 1. The Hall–Kier alpha value is -2.18. The van der Waals surface area contributed by atoms with Crippen molar-refractivity contribution in [1.82, 2.24) is 4.31 Å². The molecule has 2 atom stereocenters. The van der Waals surface area contributed by atoms with Gasteiger partial charge in [0.15, 0.2) is 0 Å². The van der Waals surface area contributed by atoms with Gasteiger partial charge in [0.2, 0.25) is 10.0 Å². The number of rotatable bonds is 8. The molecule has 2 fully saturated rings. The molecule has 0 radical (unpaired) electrons. The Morgan fingerprint density at radius 3 is 2.33 bits per heavy atom. The lowest BCUT2D eigenvalue weighted by molar-refractivity contribution is -0.121. The molecule has 1 saturated heterocycles. The fourth-order valence-corrected chi connectivity index (χ4v) is 7.26. The van der Waals surface area contributed by atoms with E-state index in [1.54, 1.807) is 35.7 Å². The van der Waals surface area contributed by atoms with Gasteiger partial charge in [-0.15, -0.1) is 0 Å². The van der Waals surface area contributed by atoms with Crippen molar-refractivity contribution in [3.05, 3.63) is 60.2 Å². The van der Waals surface area contributed by atoms with Gasteiger partial charge in [-0.3, -0.25) is 4.79 Å². The van der Waals surface area contributed by atoms with Gasteiger partial charge in [0.05, 0.1) is 12.0 Å². The zero-order valence-corrected chi connectivity index (χ0v) is 20.5. The second-order valence-electron chi connectivity index (χ2n) is 9.73. The van der Waals surface area contributed by atoms with Gasteiger partial charge < -0.3 is 4.74 Å². The van der Waals surface area contributed by atoms with E-state index in [4.69, 9.17) is 4.74 Å². The molecule has 2 aromatic carbocycles. The van der Waals surface area contributed by atoms with Crippen molar-refractivity contribution in [2.75, 3.05) is 20.2 Å². The Bertz CT molecular complexity index is 1040. The molecule has 2 aromatic rings. The number of hydrogen-bond donors (Lipinski definition) is 0. The van der Waals surface area contributed by atoms with Gasteiger partial charge in [-0.25, -0.2) is 8.42 Å². The Labute approximate surface area is 198 Å². The van der Waals surface area contributed by atoms with Crippen LogP contribution in [0.1, 0.15) is 63.4 Å². The molecule has 0 bridgehead atoms. The average molecular weight is 470 g/mol. The van der Waals surface area contributed by atoms with E-state index >= 15 is 0 Å². The smallest absolute Gasteiger partial charge is 0.243 e. The molecule has 6 heteroatoms. The quantitative estimate of drug-likeness (QED) is 0.518. The number of sulfonamides is 1. The van der Waals surface area contributed by atoms with Crippen LogP contribution in [0.25, 0.3) is 0 Å². The molecular weight excluding hydrogens is 434 g/mol. The molecule has 33 heavy (non-hydrogen) atoms. The van der Waals surface area contributed by atoms with E-state index in [0.29, 0.717) is 41.9 Å². The molecule has 1 aliphatic heterocycles. The van der Waals surface area contributed by atoms with Gasteiger partial charge >= 0.3 is 0 Å². The highest BCUT2D eigenvalue weighted by molar-refractivity contribution is 7.89. The van der Waals surface area contributed by atoms with Crippen molar-refractivity contribution in [1.29, 1.82) is 0 Å². The second kappa shape index (κ2) is 9.98. The number of carbonyl (C=O) groups is 1. The van der Waals surface area contributed by atoms with E-state index in [0.717, 1.165) is 44.1 Å². The van der Waals surface area contributed by atoms with Gasteiger partial charge in [0.25, 0.3) is 0 Å². The first-order valence-corrected chi connectivity index (χ1v) is 13.5. The fourth-order valence-electron chi connectivity index (χ4n) is 5.81. The molecule has 0 aromatic heterocycles. The highest BCUT2D eigenvalue weighted by Crippen LogP contribution is 2.50. The van der Waals surface area contributed by atoms with E-state index in [1.807, 2.05) is 18.2 Å². The summed E-state index contributed by atoms with van der Waals surface area (Å²) >= 11 is 0. The van der Waals surface area contributed by atoms with Crippen molar-refractivity contribution < 1.29 is 17.9 Å². The van der Waals surface area contributed by atoms with E-state index in [1.165, 1.54) is 0 Å². The van der Waals surface area contributed by atoms with Gasteiger partial charge in [-0.05, 0) is 79.7 Å². The molecule has 1 spiro atoms. The molecule has 178 valence electrons. The summed E-state index contributed by atoms with van der Waals surface area (Å²) in [5.74, 6) is 1.40. The van der Waals surface area contributed by atoms with Crippen LogP contribution in [-0.4, -0.2) is 38.7 Å². The van der Waals surface area contributed by atoms with Gasteiger partial charge in [-0.1, -0.05) is 37.3 Å². The lowest BCUT2D eigenvalue weighted by Crippen LogP contribution is -2.42. The molecule has 0 N–H and O–H groups in total. The molecule has 1 aliphatic carbocycles. The Morgan fingerprint density at radius 2 is 1.73 bits per heavy atom. The van der Waals surface area contributed by atoms with Crippen LogP contribution in [0.3, 0.4) is 0 Å². The summed E-state index contributed by atoms with van der Waals surface area (Å²) in [7, 11) is -1.92. The maximum absolute atomic E-state index is 13.1. The Morgan fingerprint density at radius 1 is 1.06 bits per heavy atom. The third kappa shape index (κ3) is 5.17. The molecule has 4 rings (SSSR count). The number of hydrogen-bond acceptors (Lipinski definition) is 4. The largest absolute Gasteiger partial charge is 0.497 e. The maximum atomic E-state index is 13.1. The van der Waals surface area contributed by atoms with Gasteiger partial charge in [0.1, 0.15) is 11.5 Å². The standard InChI is InChI=1S/C27H35NO4S/c1-3-25(22-7-5-4-6-8-22)26(29)19-21-13-14-27(20-21)15-17-28(18-16-27)33(30,31)24-11-9-23(32-2)10-12-24/h4-12,21,25H,3,13-20H2,1-2H3. The number of ether oxygens (including phenoxy) is 1. The number of nitrogens with zero attached hydrogens (tertiary/aromatic N) is 1. The lowest BCUT2D eigenvalue weighted by atomic mass is 9.76. The van der Waals surface area contributed by atoms with Crippen LogP contribution >= 0.6 is 0 Å². The fraction of sp³-hybridized carbons (Fsp3) is 0.519. The van der Waals surface area contributed by atoms with E-state index in [-0.39, 0.29) is 11.3 Å². The SMILES string of the molecule is CCC(C(=O)CC1CCC2(CCN(S(=O)(=O)c3ccc(OC)cc3)CC2)C1)c1ccccc1. The predicted octanol–water partition coefficient (Wildman–Crippen LogP) is 5.42. The Balaban J connectivity index is 1.34. The summed E-state index contributed by atoms with van der Waals surface area (Å²) in [5.41, 5.74) is 1.31. The summed E-state index contributed by atoms with van der Waals surface area (Å²) in [4.78, 5) is 13.4. The number of Topliss-reactive ketones (excluding diaryl/α,β-unsaturated/α-hetero) is 1. The first-order valence-electron chi connectivity index (χ1n) is 12.1. The van der Waals surface area contributed by atoms with Crippen LogP contribution in [0.4, 0.5) is 0 Å². The van der Waals surface area contributed by atoms with Crippen molar-refractivity contribution in [3.8, 4) is 5.75 Å². The number of piperidine rings is 1. The third-order valence-corrected chi connectivity index (χ3v) is 9.69. The van der Waals surface area contributed by atoms with Crippen molar-refractivity contribution in [2.45, 2.75) is 62.7 Å². The lowest BCUT2D eigenvalue weighted by Gasteiger charge is -2.39. The summed E-state index contributed by atoms with van der Waals surface area (Å²) in [6.45, 7) is 3.19. The van der Waals surface area contributed by atoms with E-state index in [9.17, 15) is 13.2 Å². The highest BCUT2D eigenvalue weighted by Gasteiger charge is 2.44. The highest BCUT2D eigenvalue weighted by atomic mass is 32.2. The summed E-state index contributed by atoms with van der Waals surface area (Å²) in [5, 5.41) is 0. The molecule has 1 heterocycles. The van der Waals surface area contributed by atoms with Gasteiger partial charge in [0, 0.05) is 25.4 Å². The summed E-state index contributed by atoms with van der Waals surface area (Å²) in [6, 6.07) is 16.7. The normalized spacial score (nSPS) is 21.7. The zero-order chi connectivity index (χ0) is 23.5. The predicted molar refractivity (Wildman–Crippen MR) is 130 cm³/mol. The molecule has 2 aliphatic rings. The number of carbonyl (C=O) groups excluding carboxylic acids is 1. The van der Waals surface area contributed by atoms with Crippen LogP contribution in [0.15, 0.2) is 59.5 Å². The van der Waals surface area contributed by atoms with Crippen LogP contribution in [0.2, 0.25) is 0 Å². The Kier molecular flexibility index (Phi) is 7.25. The van der Waals surface area contributed by atoms with Crippen molar-refractivity contribution >= 4 is 15.8 Å². The maximum Gasteiger partial charge on any atom is 0.243 e. The zero-order valence-electron chi connectivity index (χ0n) is 19.7. The first-order chi connectivity index (χ1) is 15.9. The van der Waals surface area contributed by atoms with Crippen LogP contribution < -0.4 is 4.74 Å².